The average Bonchev–Trinajstić information content (AvgIpc) is 2.68. The summed E-state index contributed by atoms with van der Waals surface area (Å²) in [7, 11) is 4.47. The quantitative estimate of drug-likeness (QED) is 0.443. The molecular weight excluding hydrogens is 423 g/mol. The first-order valence-electron chi connectivity index (χ1n) is 8.54. The van der Waals surface area contributed by atoms with Gasteiger partial charge >= 0.3 is 5.97 Å². The second-order valence-electron chi connectivity index (χ2n) is 5.65. The van der Waals surface area contributed by atoms with Gasteiger partial charge in [-0.25, -0.2) is 4.98 Å². The highest BCUT2D eigenvalue weighted by molar-refractivity contribution is 6.33. The number of hydrogen-bond donors (Lipinski definition) is 2. The van der Waals surface area contributed by atoms with E-state index in [-0.39, 0.29) is 30.7 Å². The molecule has 3 N–H and O–H groups in total. The summed E-state index contributed by atoms with van der Waals surface area (Å²) in [6.07, 6.45) is -0.113. The molecule has 0 unspecified atom stereocenters. The molecule has 0 aliphatic heterocycles. The number of aromatic nitrogens is 2. The minimum absolute atomic E-state index is 0.0407. The van der Waals surface area contributed by atoms with Crippen molar-refractivity contribution in [1.29, 1.82) is 0 Å². The zero-order chi connectivity index (χ0) is 21.6. The molecule has 0 saturated heterocycles. The maximum atomic E-state index is 11.9. The predicted molar refractivity (Wildman–Crippen MR) is 110 cm³/mol. The van der Waals surface area contributed by atoms with Gasteiger partial charge in [-0.2, -0.15) is 4.98 Å². The Bertz CT molecular complexity index is 895. The monoisotopic (exact) mass is 444 g/mol. The molecule has 2 aromatic rings. The molecule has 9 nitrogen and oxygen atoms in total. The second-order valence-corrected chi connectivity index (χ2v) is 6.39. The van der Waals surface area contributed by atoms with Crippen molar-refractivity contribution in [2.75, 3.05) is 39.0 Å². The maximum absolute atomic E-state index is 11.9. The Hall–Kier alpha value is -2.65. The summed E-state index contributed by atoms with van der Waals surface area (Å²) in [6, 6.07) is 1.70. The molecule has 0 saturated carbocycles. The zero-order valence-corrected chi connectivity index (χ0v) is 18.0. The van der Waals surface area contributed by atoms with Gasteiger partial charge in [-0.3, -0.25) is 4.79 Å². The van der Waals surface area contributed by atoms with Crippen LogP contribution in [0.5, 0.6) is 17.2 Å². The Kier molecular flexibility index (Phi) is 7.98. The van der Waals surface area contributed by atoms with Gasteiger partial charge in [0.2, 0.25) is 11.7 Å². The summed E-state index contributed by atoms with van der Waals surface area (Å²) in [4.78, 5) is 19.9. The van der Waals surface area contributed by atoms with Gasteiger partial charge in [0, 0.05) is 12.1 Å². The van der Waals surface area contributed by atoms with E-state index < -0.39 is 5.97 Å². The highest BCUT2D eigenvalue weighted by Gasteiger charge is 2.21. The SMILES string of the molecule is CCOC(=O)Cc1c(Cl)nc(N)nc1NCc1cc(OC)c(OC)c(OC)c1Cl. The predicted octanol–water partition coefficient (Wildman–Crippen LogP) is 3.11. The van der Waals surface area contributed by atoms with Crippen LogP contribution in [0.1, 0.15) is 18.1 Å². The fraction of sp³-hybridized carbons (Fsp3) is 0.389. The van der Waals surface area contributed by atoms with Crippen molar-refractivity contribution in [1.82, 2.24) is 9.97 Å². The van der Waals surface area contributed by atoms with Crippen molar-refractivity contribution in [2.24, 2.45) is 0 Å². The number of halogens is 2. The molecule has 2 rings (SSSR count). The molecule has 158 valence electrons. The van der Waals surface area contributed by atoms with E-state index in [2.05, 4.69) is 15.3 Å². The molecule has 0 atom stereocenters. The van der Waals surface area contributed by atoms with E-state index in [4.69, 9.17) is 47.9 Å². The Morgan fingerprint density at radius 3 is 2.41 bits per heavy atom. The number of esters is 1. The van der Waals surface area contributed by atoms with Gasteiger partial charge in [-0.05, 0) is 18.6 Å². The number of nitrogen functional groups attached to an aromatic ring is 1. The first-order chi connectivity index (χ1) is 13.9. The molecule has 11 heteroatoms. The third-order valence-corrected chi connectivity index (χ3v) is 4.62. The van der Waals surface area contributed by atoms with Crippen molar-refractivity contribution >= 4 is 40.9 Å². The number of ether oxygens (including phenoxy) is 4. The first-order valence-corrected chi connectivity index (χ1v) is 9.30. The van der Waals surface area contributed by atoms with Gasteiger partial charge in [0.05, 0.1) is 39.4 Å². The second kappa shape index (κ2) is 10.2. The van der Waals surface area contributed by atoms with Crippen molar-refractivity contribution in [3.05, 3.63) is 27.4 Å². The Morgan fingerprint density at radius 2 is 1.83 bits per heavy atom. The maximum Gasteiger partial charge on any atom is 0.310 e. The summed E-state index contributed by atoms with van der Waals surface area (Å²) in [5, 5.41) is 3.47. The van der Waals surface area contributed by atoms with Gasteiger partial charge in [0.25, 0.3) is 0 Å². The highest BCUT2D eigenvalue weighted by Crippen LogP contribution is 2.44. The zero-order valence-electron chi connectivity index (χ0n) is 16.5. The molecule has 0 amide bonds. The van der Waals surface area contributed by atoms with Gasteiger partial charge in [0.1, 0.15) is 11.0 Å². The summed E-state index contributed by atoms with van der Waals surface area (Å²) in [6.45, 7) is 2.17. The normalized spacial score (nSPS) is 10.4. The molecule has 1 aromatic heterocycles. The van der Waals surface area contributed by atoms with Crippen molar-refractivity contribution < 1.29 is 23.7 Å². The summed E-state index contributed by atoms with van der Waals surface area (Å²) in [5.41, 5.74) is 6.70. The third-order valence-electron chi connectivity index (χ3n) is 3.89. The smallest absolute Gasteiger partial charge is 0.310 e. The number of methoxy groups -OCH3 is 3. The number of carbonyl (C=O) groups excluding carboxylic acids is 1. The number of nitrogens with zero attached hydrogens (tertiary/aromatic N) is 2. The van der Waals surface area contributed by atoms with Crippen LogP contribution < -0.4 is 25.3 Å². The molecule has 0 aliphatic rings. The molecule has 0 fully saturated rings. The lowest BCUT2D eigenvalue weighted by Crippen LogP contribution is -2.14. The number of rotatable bonds is 9. The molecule has 0 bridgehead atoms. The van der Waals surface area contributed by atoms with Gasteiger partial charge in [-0.1, -0.05) is 23.2 Å². The summed E-state index contributed by atoms with van der Waals surface area (Å²) < 4.78 is 21.0. The Labute approximate surface area is 178 Å². The molecule has 29 heavy (non-hydrogen) atoms. The minimum atomic E-state index is -0.461. The van der Waals surface area contributed by atoms with Crippen molar-refractivity contribution in [2.45, 2.75) is 19.9 Å². The fourth-order valence-corrected chi connectivity index (χ4v) is 3.14. The van der Waals surface area contributed by atoms with Crippen LogP contribution in [-0.2, 0) is 22.5 Å². The van der Waals surface area contributed by atoms with Crippen LogP contribution in [-0.4, -0.2) is 43.9 Å². The highest BCUT2D eigenvalue weighted by atomic mass is 35.5. The minimum Gasteiger partial charge on any atom is -0.493 e. The number of carbonyl (C=O) groups is 1. The van der Waals surface area contributed by atoms with Gasteiger partial charge in [-0.15, -0.1) is 0 Å². The molecule has 0 spiro atoms. The van der Waals surface area contributed by atoms with Crippen LogP contribution in [0.15, 0.2) is 6.07 Å². The standard InChI is InChI=1S/C18H22Cl2N4O5/c1-5-29-12(25)7-10-16(20)23-18(21)24-17(10)22-8-9-6-11(26-2)14(27-3)15(28-4)13(9)19/h6H,5,7-8H2,1-4H3,(H3,21,22,23,24). The summed E-state index contributed by atoms with van der Waals surface area (Å²) >= 11 is 12.6. The van der Waals surface area contributed by atoms with E-state index in [9.17, 15) is 4.79 Å². The Morgan fingerprint density at radius 1 is 1.14 bits per heavy atom. The topological polar surface area (TPSA) is 118 Å². The average molecular weight is 445 g/mol. The first kappa shape index (κ1) is 22.6. The number of hydrogen-bond acceptors (Lipinski definition) is 9. The molecular formula is C18H22Cl2N4O5. The van der Waals surface area contributed by atoms with Crippen LogP contribution in [0.25, 0.3) is 0 Å². The van der Waals surface area contributed by atoms with E-state index in [0.29, 0.717) is 39.2 Å². The van der Waals surface area contributed by atoms with Gasteiger partial charge < -0.3 is 30.0 Å². The van der Waals surface area contributed by atoms with E-state index in [0.717, 1.165) is 0 Å². The fourth-order valence-electron chi connectivity index (χ4n) is 2.61. The van der Waals surface area contributed by atoms with E-state index in [1.54, 1.807) is 13.0 Å². The van der Waals surface area contributed by atoms with Crippen LogP contribution in [0.4, 0.5) is 11.8 Å². The van der Waals surface area contributed by atoms with E-state index in [1.165, 1.54) is 21.3 Å². The van der Waals surface area contributed by atoms with Crippen LogP contribution >= 0.6 is 23.2 Å². The van der Waals surface area contributed by atoms with Crippen molar-refractivity contribution in [3.63, 3.8) is 0 Å². The lowest BCUT2D eigenvalue weighted by atomic mass is 10.1. The van der Waals surface area contributed by atoms with Crippen LogP contribution in [0, 0.1) is 0 Å². The molecule has 0 aliphatic carbocycles. The lowest BCUT2D eigenvalue weighted by Gasteiger charge is -2.18. The number of benzene rings is 1. The van der Waals surface area contributed by atoms with Crippen LogP contribution in [0.3, 0.4) is 0 Å². The molecule has 0 radical (unpaired) electrons. The number of anilines is 2. The van der Waals surface area contributed by atoms with Crippen LogP contribution in [0.2, 0.25) is 10.2 Å². The van der Waals surface area contributed by atoms with E-state index in [1.807, 2.05) is 0 Å². The molecule has 1 heterocycles. The van der Waals surface area contributed by atoms with Crippen molar-refractivity contribution in [3.8, 4) is 17.2 Å². The van der Waals surface area contributed by atoms with E-state index >= 15 is 0 Å². The Balaban J connectivity index is 2.38. The summed E-state index contributed by atoms with van der Waals surface area (Å²) in [5.74, 6) is 0.939. The number of nitrogens with one attached hydrogen (secondary N) is 1. The third kappa shape index (κ3) is 5.24. The number of nitrogens with two attached hydrogens (primary N) is 1. The van der Waals surface area contributed by atoms with Gasteiger partial charge in [0.15, 0.2) is 11.5 Å². The largest absolute Gasteiger partial charge is 0.493 e. The lowest BCUT2D eigenvalue weighted by molar-refractivity contribution is -0.142. The molecule has 1 aromatic carbocycles.